The summed E-state index contributed by atoms with van der Waals surface area (Å²) in [5.74, 6) is 1.76. The van der Waals surface area contributed by atoms with E-state index in [2.05, 4.69) is 48.7 Å². The van der Waals surface area contributed by atoms with Gasteiger partial charge in [-0.2, -0.15) is 0 Å². The molecular formula is C15H25N5. The summed E-state index contributed by atoms with van der Waals surface area (Å²) in [6.45, 7) is 12.5. The minimum Gasteiger partial charge on any atom is -0.383 e. The first-order valence-electron chi connectivity index (χ1n) is 7.27. The number of nitrogens with two attached hydrogens (primary N) is 1. The Hall–Kier alpha value is -1.78. The fourth-order valence-corrected chi connectivity index (χ4v) is 2.48. The normalized spacial score (nSPS) is 12.1. The molecule has 0 spiro atoms. The van der Waals surface area contributed by atoms with Crippen molar-refractivity contribution in [2.75, 3.05) is 5.73 Å². The molecule has 0 bridgehead atoms. The summed E-state index contributed by atoms with van der Waals surface area (Å²) in [6.07, 6.45) is 4.75. The minimum absolute atomic E-state index is 0.0298. The van der Waals surface area contributed by atoms with Crippen LogP contribution in [0.15, 0.2) is 12.5 Å². The van der Waals surface area contributed by atoms with Crippen molar-refractivity contribution in [3.63, 3.8) is 0 Å². The van der Waals surface area contributed by atoms with Crippen LogP contribution in [0.3, 0.4) is 0 Å². The van der Waals surface area contributed by atoms with Crippen LogP contribution in [0, 0.1) is 0 Å². The summed E-state index contributed by atoms with van der Waals surface area (Å²) < 4.78 is 4.21. The highest BCUT2D eigenvalue weighted by Gasteiger charge is 2.25. The molecular weight excluding hydrogens is 250 g/mol. The minimum atomic E-state index is -0.0298. The van der Waals surface area contributed by atoms with Gasteiger partial charge in [-0.15, -0.1) is 0 Å². The van der Waals surface area contributed by atoms with Gasteiger partial charge in [0.05, 0.1) is 18.2 Å². The van der Waals surface area contributed by atoms with Crippen molar-refractivity contribution in [2.45, 2.75) is 59.5 Å². The summed E-state index contributed by atoms with van der Waals surface area (Å²) in [5.41, 5.74) is 8.15. The lowest BCUT2D eigenvalue weighted by molar-refractivity contribution is 0.508. The monoisotopic (exact) mass is 275 g/mol. The van der Waals surface area contributed by atoms with Crippen LogP contribution < -0.4 is 5.73 Å². The predicted molar refractivity (Wildman–Crippen MR) is 82.5 cm³/mol. The summed E-state index contributed by atoms with van der Waals surface area (Å²) >= 11 is 0. The van der Waals surface area contributed by atoms with E-state index in [4.69, 9.17) is 10.7 Å². The molecule has 0 fully saturated rings. The highest BCUT2D eigenvalue weighted by atomic mass is 15.2. The van der Waals surface area contributed by atoms with Crippen LogP contribution >= 0.6 is 0 Å². The highest BCUT2D eigenvalue weighted by molar-refractivity contribution is 5.68. The van der Waals surface area contributed by atoms with Gasteiger partial charge in [-0.25, -0.2) is 9.97 Å². The number of rotatable bonds is 4. The van der Waals surface area contributed by atoms with Crippen molar-refractivity contribution in [1.29, 1.82) is 0 Å². The van der Waals surface area contributed by atoms with Gasteiger partial charge in [-0.05, 0) is 13.3 Å². The molecule has 0 unspecified atom stereocenters. The van der Waals surface area contributed by atoms with E-state index in [0.29, 0.717) is 0 Å². The van der Waals surface area contributed by atoms with Crippen molar-refractivity contribution < 1.29 is 0 Å². The molecule has 0 atom stereocenters. The van der Waals surface area contributed by atoms with E-state index in [1.54, 1.807) is 0 Å². The van der Waals surface area contributed by atoms with Gasteiger partial charge in [0, 0.05) is 18.5 Å². The standard InChI is InChI=1S/C15H25N5/c1-6-8-19-10-17-9-11(19)12-13(16)20(7-2)14(18-12)15(3,4)5/h9-10H,6-8,16H2,1-5H3. The van der Waals surface area contributed by atoms with Crippen LogP contribution in [0.25, 0.3) is 11.4 Å². The van der Waals surface area contributed by atoms with Crippen LogP contribution in [0.1, 0.15) is 46.9 Å². The van der Waals surface area contributed by atoms with Gasteiger partial charge in [0.2, 0.25) is 0 Å². The Kier molecular flexibility index (Phi) is 3.88. The summed E-state index contributed by atoms with van der Waals surface area (Å²) in [4.78, 5) is 9.06. The second-order valence-corrected chi connectivity index (χ2v) is 6.14. The second-order valence-electron chi connectivity index (χ2n) is 6.14. The molecule has 2 aromatic rings. The van der Waals surface area contributed by atoms with Gasteiger partial charge in [0.15, 0.2) is 0 Å². The third-order valence-electron chi connectivity index (χ3n) is 3.41. The zero-order valence-corrected chi connectivity index (χ0v) is 13.1. The Morgan fingerprint density at radius 3 is 2.45 bits per heavy atom. The number of nitrogens with zero attached hydrogens (tertiary/aromatic N) is 4. The Bertz CT molecular complexity index is 586. The lowest BCUT2D eigenvalue weighted by atomic mass is 9.96. The average molecular weight is 275 g/mol. The Morgan fingerprint density at radius 1 is 1.25 bits per heavy atom. The quantitative estimate of drug-likeness (QED) is 0.932. The van der Waals surface area contributed by atoms with E-state index in [-0.39, 0.29) is 5.41 Å². The van der Waals surface area contributed by atoms with Gasteiger partial charge in [-0.3, -0.25) is 0 Å². The van der Waals surface area contributed by atoms with Crippen LogP contribution in [0.4, 0.5) is 5.82 Å². The second kappa shape index (κ2) is 5.31. The van der Waals surface area contributed by atoms with E-state index in [9.17, 15) is 0 Å². The maximum Gasteiger partial charge on any atom is 0.133 e. The molecule has 0 radical (unpaired) electrons. The van der Waals surface area contributed by atoms with Gasteiger partial charge in [0.1, 0.15) is 17.3 Å². The molecule has 0 aliphatic heterocycles. The molecule has 0 aromatic carbocycles. The summed E-state index contributed by atoms with van der Waals surface area (Å²) in [7, 11) is 0. The molecule has 5 nitrogen and oxygen atoms in total. The maximum atomic E-state index is 6.33. The van der Waals surface area contributed by atoms with Crippen LogP contribution in [0.2, 0.25) is 0 Å². The van der Waals surface area contributed by atoms with Crippen LogP contribution in [-0.4, -0.2) is 19.1 Å². The van der Waals surface area contributed by atoms with E-state index >= 15 is 0 Å². The molecule has 110 valence electrons. The SMILES string of the molecule is CCCn1cncc1-c1nc(C(C)(C)C)n(CC)c1N. The van der Waals surface area contributed by atoms with E-state index in [1.165, 1.54) is 0 Å². The fraction of sp³-hybridized carbons (Fsp3) is 0.600. The molecule has 2 rings (SSSR count). The van der Waals surface area contributed by atoms with Crippen LogP contribution in [-0.2, 0) is 18.5 Å². The van der Waals surface area contributed by atoms with E-state index in [1.807, 2.05) is 12.5 Å². The third kappa shape index (κ3) is 2.44. The maximum absolute atomic E-state index is 6.33. The molecule has 20 heavy (non-hydrogen) atoms. The number of nitrogen functional groups attached to an aromatic ring is 1. The lowest BCUT2D eigenvalue weighted by Crippen LogP contribution is -2.19. The van der Waals surface area contributed by atoms with E-state index in [0.717, 1.165) is 42.5 Å². The molecule has 2 heterocycles. The lowest BCUT2D eigenvalue weighted by Gasteiger charge is -2.19. The van der Waals surface area contributed by atoms with Crippen molar-refractivity contribution >= 4 is 5.82 Å². The number of aryl methyl sites for hydroxylation is 1. The van der Waals surface area contributed by atoms with Gasteiger partial charge < -0.3 is 14.9 Å². The Morgan fingerprint density at radius 2 is 1.95 bits per heavy atom. The van der Waals surface area contributed by atoms with Crippen molar-refractivity contribution in [1.82, 2.24) is 19.1 Å². The molecule has 2 aromatic heterocycles. The summed E-state index contributed by atoms with van der Waals surface area (Å²) in [5, 5.41) is 0. The molecule has 5 heteroatoms. The molecule has 0 aliphatic rings. The number of anilines is 1. The Labute approximate surface area is 120 Å². The van der Waals surface area contributed by atoms with Crippen LogP contribution in [0.5, 0.6) is 0 Å². The number of aromatic nitrogens is 4. The first-order chi connectivity index (χ1) is 9.40. The largest absolute Gasteiger partial charge is 0.383 e. The van der Waals surface area contributed by atoms with Gasteiger partial charge >= 0.3 is 0 Å². The van der Waals surface area contributed by atoms with Gasteiger partial charge in [-0.1, -0.05) is 27.7 Å². The van der Waals surface area contributed by atoms with Gasteiger partial charge in [0.25, 0.3) is 0 Å². The highest BCUT2D eigenvalue weighted by Crippen LogP contribution is 2.31. The number of imidazole rings is 2. The van der Waals surface area contributed by atoms with Crippen molar-refractivity contribution in [2.24, 2.45) is 0 Å². The first kappa shape index (κ1) is 14.6. The predicted octanol–water partition coefficient (Wildman–Crippen LogP) is 3.06. The fourth-order valence-electron chi connectivity index (χ4n) is 2.48. The number of hydrogen-bond acceptors (Lipinski definition) is 3. The number of hydrogen-bond donors (Lipinski definition) is 1. The van der Waals surface area contributed by atoms with E-state index < -0.39 is 0 Å². The smallest absolute Gasteiger partial charge is 0.133 e. The molecule has 0 saturated carbocycles. The van der Waals surface area contributed by atoms with Crippen molar-refractivity contribution in [3.8, 4) is 11.4 Å². The molecule has 2 N–H and O–H groups in total. The topological polar surface area (TPSA) is 61.7 Å². The average Bonchev–Trinajstić information content (AvgIpc) is 2.93. The Balaban J connectivity index is 2.58. The zero-order valence-electron chi connectivity index (χ0n) is 13.1. The zero-order chi connectivity index (χ0) is 14.9. The molecule has 0 saturated heterocycles. The third-order valence-corrected chi connectivity index (χ3v) is 3.41. The first-order valence-corrected chi connectivity index (χ1v) is 7.27. The molecule has 0 amide bonds. The van der Waals surface area contributed by atoms with Crippen molar-refractivity contribution in [3.05, 3.63) is 18.3 Å². The molecule has 0 aliphatic carbocycles. The summed E-state index contributed by atoms with van der Waals surface area (Å²) in [6, 6.07) is 0.